The first-order valence-corrected chi connectivity index (χ1v) is 7.65. The predicted octanol–water partition coefficient (Wildman–Crippen LogP) is 1.74. The molecule has 0 saturated carbocycles. The number of carbonyl (C=O) groups is 3. The number of carbonyl (C=O) groups excluding carboxylic acids is 3. The zero-order valence-electron chi connectivity index (χ0n) is 14.3. The molecule has 0 radical (unpaired) electrons. The molecule has 130 valence electrons. The molecule has 1 heterocycles. The van der Waals surface area contributed by atoms with E-state index in [4.69, 9.17) is 4.74 Å². The second-order valence-corrected chi connectivity index (χ2v) is 6.27. The molecule has 1 aromatic rings. The third-order valence-corrected chi connectivity index (χ3v) is 4.04. The van der Waals surface area contributed by atoms with Crippen molar-refractivity contribution in [3.63, 3.8) is 0 Å². The van der Waals surface area contributed by atoms with Crippen LogP contribution < -0.4 is 10.2 Å². The van der Waals surface area contributed by atoms with Crippen molar-refractivity contribution < 1.29 is 23.9 Å². The Hall–Kier alpha value is -2.57. The van der Waals surface area contributed by atoms with Crippen molar-refractivity contribution in [2.75, 3.05) is 32.2 Å². The lowest BCUT2D eigenvalue weighted by atomic mass is 9.80. The van der Waals surface area contributed by atoms with Crippen LogP contribution in [0.1, 0.15) is 29.8 Å². The minimum atomic E-state index is -0.553. The molecule has 2 amide bonds. The fraction of sp³-hybridized carbons (Fsp3) is 0.471. The van der Waals surface area contributed by atoms with Crippen LogP contribution in [-0.4, -0.2) is 45.3 Å². The molecule has 1 N–H and O–H groups in total. The number of amides is 2. The maximum Gasteiger partial charge on any atom is 0.406 e. The number of anilines is 1. The summed E-state index contributed by atoms with van der Waals surface area (Å²) in [7, 11) is 2.59. The number of fused-ring (bicyclic) bond motifs is 1. The molecule has 1 aliphatic rings. The van der Waals surface area contributed by atoms with Gasteiger partial charge in [-0.2, -0.15) is 0 Å². The summed E-state index contributed by atoms with van der Waals surface area (Å²) in [6.45, 7) is 4.30. The largest absolute Gasteiger partial charge is 0.465 e. The van der Waals surface area contributed by atoms with Gasteiger partial charge < -0.3 is 19.7 Å². The summed E-state index contributed by atoms with van der Waals surface area (Å²) in [6, 6.07) is 5.20. The molecule has 0 bridgehead atoms. The fourth-order valence-electron chi connectivity index (χ4n) is 2.80. The van der Waals surface area contributed by atoms with Gasteiger partial charge in [-0.1, -0.05) is 19.9 Å². The molecule has 0 atom stereocenters. The Morgan fingerprint density at radius 2 is 1.96 bits per heavy atom. The number of esters is 1. The van der Waals surface area contributed by atoms with Crippen molar-refractivity contribution in [3.8, 4) is 0 Å². The molecule has 0 fully saturated rings. The average molecular weight is 334 g/mol. The van der Waals surface area contributed by atoms with Gasteiger partial charge in [-0.3, -0.25) is 4.79 Å². The van der Waals surface area contributed by atoms with Gasteiger partial charge in [0.15, 0.2) is 0 Å². The van der Waals surface area contributed by atoms with Crippen LogP contribution in [0.5, 0.6) is 0 Å². The van der Waals surface area contributed by atoms with E-state index in [1.165, 1.54) is 14.2 Å². The lowest BCUT2D eigenvalue weighted by molar-refractivity contribution is -0.127. The van der Waals surface area contributed by atoms with E-state index in [-0.39, 0.29) is 19.0 Å². The molecule has 0 aliphatic carbocycles. The first-order chi connectivity index (χ1) is 11.3. The van der Waals surface area contributed by atoms with Crippen molar-refractivity contribution in [2.45, 2.75) is 20.3 Å². The Balaban J connectivity index is 2.32. The van der Waals surface area contributed by atoms with Gasteiger partial charge in [0, 0.05) is 24.2 Å². The van der Waals surface area contributed by atoms with Crippen molar-refractivity contribution in [2.24, 2.45) is 5.41 Å². The molecule has 0 unspecified atom stereocenters. The molecule has 2 rings (SSSR count). The normalized spacial score (nSPS) is 15.5. The number of ether oxygens (including phenoxy) is 2. The summed E-state index contributed by atoms with van der Waals surface area (Å²) in [5, 5.41) is 2.56. The molecule has 24 heavy (non-hydrogen) atoms. The summed E-state index contributed by atoms with van der Waals surface area (Å²) >= 11 is 0. The number of benzene rings is 1. The second-order valence-electron chi connectivity index (χ2n) is 6.27. The van der Waals surface area contributed by atoms with E-state index in [9.17, 15) is 14.4 Å². The minimum absolute atomic E-state index is 0.0521. The van der Waals surface area contributed by atoms with Crippen LogP contribution in [0.15, 0.2) is 18.2 Å². The van der Waals surface area contributed by atoms with E-state index < -0.39 is 17.5 Å². The van der Waals surface area contributed by atoms with E-state index in [0.717, 1.165) is 5.56 Å². The molecule has 7 heteroatoms. The van der Waals surface area contributed by atoms with Gasteiger partial charge in [-0.05, 0) is 24.1 Å². The molecule has 7 nitrogen and oxygen atoms in total. The number of methoxy groups -OCH3 is 2. The highest BCUT2D eigenvalue weighted by molar-refractivity contribution is 6.01. The summed E-state index contributed by atoms with van der Waals surface area (Å²) in [5.74, 6) is -0.508. The van der Waals surface area contributed by atoms with Gasteiger partial charge in [0.25, 0.3) is 0 Å². The van der Waals surface area contributed by atoms with Crippen LogP contribution in [0.25, 0.3) is 0 Å². The Labute approximate surface area is 140 Å². The monoisotopic (exact) mass is 334 g/mol. The van der Waals surface area contributed by atoms with Gasteiger partial charge in [-0.25, -0.2) is 9.59 Å². The van der Waals surface area contributed by atoms with Gasteiger partial charge in [-0.15, -0.1) is 0 Å². The molecule has 0 aromatic heterocycles. The lowest BCUT2D eigenvalue weighted by Crippen LogP contribution is -2.49. The van der Waals surface area contributed by atoms with Crippen LogP contribution in [0.3, 0.4) is 0 Å². The average Bonchev–Trinajstić information content (AvgIpc) is 2.56. The van der Waals surface area contributed by atoms with E-state index in [2.05, 4.69) is 10.1 Å². The highest BCUT2D eigenvalue weighted by Gasteiger charge is 2.39. The van der Waals surface area contributed by atoms with Crippen LogP contribution in [0, 0.1) is 5.41 Å². The van der Waals surface area contributed by atoms with Crippen LogP contribution >= 0.6 is 0 Å². The third-order valence-electron chi connectivity index (χ3n) is 4.04. The quantitative estimate of drug-likeness (QED) is 0.848. The lowest BCUT2D eigenvalue weighted by Gasteiger charge is -2.38. The molecular weight excluding hydrogens is 312 g/mol. The summed E-state index contributed by atoms with van der Waals surface area (Å²) < 4.78 is 9.27. The number of nitrogens with one attached hydrogen (secondary N) is 1. The maximum absolute atomic E-state index is 12.8. The minimum Gasteiger partial charge on any atom is -0.465 e. The number of hydrogen-bond donors (Lipinski definition) is 1. The van der Waals surface area contributed by atoms with Crippen molar-refractivity contribution in [1.82, 2.24) is 5.32 Å². The van der Waals surface area contributed by atoms with Crippen LogP contribution in [-0.2, 0) is 20.7 Å². The van der Waals surface area contributed by atoms with E-state index in [0.29, 0.717) is 17.7 Å². The summed E-state index contributed by atoms with van der Waals surface area (Å²) in [5.41, 5.74) is 1.49. The van der Waals surface area contributed by atoms with Crippen molar-refractivity contribution in [1.29, 1.82) is 0 Å². The molecule has 1 aromatic carbocycles. The summed E-state index contributed by atoms with van der Waals surface area (Å²) in [4.78, 5) is 37.3. The van der Waals surface area contributed by atoms with Crippen molar-refractivity contribution >= 4 is 23.7 Å². The number of nitrogens with zero attached hydrogens (tertiary/aromatic N) is 1. The van der Waals surface area contributed by atoms with E-state index in [1.807, 2.05) is 19.9 Å². The standard InChI is InChI=1S/C17H22N2O5/c1-17(2)10-12-6-5-11(14(20)23-3)9-13(12)19(15(17)21)8-7-18-16(22)24-4/h5-6,9H,7-8,10H2,1-4H3,(H,18,22). The fourth-order valence-corrected chi connectivity index (χ4v) is 2.80. The molecule has 1 aliphatic heterocycles. The Bertz CT molecular complexity index is 669. The van der Waals surface area contributed by atoms with Gasteiger partial charge in [0.05, 0.1) is 19.8 Å². The Morgan fingerprint density at radius 3 is 2.58 bits per heavy atom. The van der Waals surface area contributed by atoms with Gasteiger partial charge in [0.1, 0.15) is 0 Å². The number of alkyl carbamates (subject to hydrolysis) is 1. The maximum atomic E-state index is 12.8. The SMILES string of the molecule is COC(=O)NCCN1C(=O)C(C)(C)Cc2ccc(C(=O)OC)cc21. The highest BCUT2D eigenvalue weighted by Crippen LogP contribution is 2.37. The van der Waals surface area contributed by atoms with Crippen LogP contribution in [0.4, 0.5) is 10.5 Å². The van der Waals surface area contributed by atoms with Gasteiger partial charge in [0.2, 0.25) is 5.91 Å². The zero-order valence-corrected chi connectivity index (χ0v) is 14.3. The zero-order chi connectivity index (χ0) is 17.9. The molecule has 0 saturated heterocycles. The highest BCUT2D eigenvalue weighted by atomic mass is 16.5. The number of hydrogen-bond acceptors (Lipinski definition) is 5. The van der Waals surface area contributed by atoms with E-state index in [1.54, 1.807) is 17.0 Å². The summed E-state index contributed by atoms with van der Waals surface area (Å²) in [6.07, 6.45) is 0.0334. The molecule has 0 spiro atoms. The Morgan fingerprint density at radius 1 is 1.25 bits per heavy atom. The number of rotatable bonds is 4. The topological polar surface area (TPSA) is 84.9 Å². The van der Waals surface area contributed by atoms with Crippen LogP contribution in [0.2, 0.25) is 0 Å². The Kier molecular flexibility index (Phi) is 5.11. The smallest absolute Gasteiger partial charge is 0.406 e. The first kappa shape index (κ1) is 17.8. The van der Waals surface area contributed by atoms with E-state index >= 15 is 0 Å². The first-order valence-electron chi connectivity index (χ1n) is 7.65. The predicted molar refractivity (Wildman–Crippen MR) is 88.0 cm³/mol. The van der Waals surface area contributed by atoms with Gasteiger partial charge >= 0.3 is 12.1 Å². The third kappa shape index (κ3) is 3.50. The molecular formula is C17H22N2O5. The second kappa shape index (κ2) is 6.90. The van der Waals surface area contributed by atoms with Crippen molar-refractivity contribution in [3.05, 3.63) is 29.3 Å².